The van der Waals surface area contributed by atoms with Crippen LogP contribution < -0.4 is 4.90 Å². The SMILES string of the molecule is CCC(=O)OC1C(C)=C(Cl)C(=O)N1c1ncn[nH]1. The second-order valence-electron chi connectivity index (χ2n) is 3.68. The third-order valence-electron chi connectivity index (χ3n) is 2.52. The maximum absolute atomic E-state index is 12.0. The molecule has 1 aromatic heterocycles. The Labute approximate surface area is 108 Å². The maximum atomic E-state index is 12.0. The molecular weight excluding hydrogens is 260 g/mol. The van der Waals surface area contributed by atoms with Crippen molar-refractivity contribution in [1.29, 1.82) is 0 Å². The Kier molecular flexibility index (Phi) is 3.33. The number of hydrogen-bond acceptors (Lipinski definition) is 5. The Bertz CT molecular complexity index is 511. The van der Waals surface area contributed by atoms with Gasteiger partial charge >= 0.3 is 5.97 Å². The van der Waals surface area contributed by atoms with E-state index in [1.807, 2.05) is 0 Å². The van der Waals surface area contributed by atoms with E-state index in [4.69, 9.17) is 16.3 Å². The predicted molar refractivity (Wildman–Crippen MR) is 62.6 cm³/mol. The number of hydrogen-bond donors (Lipinski definition) is 1. The van der Waals surface area contributed by atoms with Crippen molar-refractivity contribution < 1.29 is 14.3 Å². The molecule has 7 nitrogen and oxygen atoms in total. The monoisotopic (exact) mass is 270 g/mol. The van der Waals surface area contributed by atoms with Gasteiger partial charge in [0.2, 0.25) is 12.2 Å². The molecule has 0 fully saturated rings. The van der Waals surface area contributed by atoms with Gasteiger partial charge in [0.05, 0.1) is 0 Å². The number of carbonyl (C=O) groups is 2. The first-order valence-corrected chi connectivity index (χ1v) is 5.68. The largest absolute Gasteiger partial charge is 0.437 e. The highest BCUT2D eigenvalue weighted by molar-refractivity contribution is 6.45. The standard InChI is InChI=1S/C10H11ClN4O3/c1-3-6(16)18-9-5(2)7(11)8(17)15(9)10-12-4-13-14-10/h4,9H,3H2,1-2H3,(H,12,13,14). The Morgan fingerprint density at radius 3 is 2.94 bits per heavy atom. The summed E-state index contributed by atoms with van der Waals surface area (Å²) in [5.41, 5.74) is 0.472. The summed E-state index contributed by atoms with van der Waals surface area (Å²) >= 11 is 5.88. The van der Waals surface area contributed by atoms with Gasteiger partial charge in [-0.2, -0.15) is 10.1 Å². The van der Waals surface area contributed by atoms with Crippen molar-refractivity contribution in [3.05, 3.63) is 16.9 Å². The number of ether oxygens (including phenoxy) is 1. The van der Waals surface area contributed by atoms with Crippen LogP contribution in [0.25, 0.3) is 0 Å². The number of anilines is 1. The van der Waals surface area contributed by atoms with Crippen LogP contribution in [0.2, 0.25) is 0 Å². The molecular formula is C10H11ClN4O3. The van der Waals surface area contributed by atoms with Crippen LogP contribution in [0, 0.1) is 0 Å². The lowest BCUT2D eigenvalue weighted by molar-refractivity contribution is -0.147. The minimum Gasteiger partial charge on any atom is -0.437 e. The molecule has 2 rings (SSSR count). The summed E-state index contributed by atoms with van der Waals surface area (Å²) in [6, 6.07) is 0. The van der Waals surface area contributed by atoms with Crippen LogP contribution in [0.4, 0.5) is 5.95 Å². The third kappa shape index (κ3) is 1.97. The zero-order chi connectivity index (χ0) is 13.3. The van der Waals surface area contributed by atoms with Gasteiger partial charge in [-0.05, 0) is 6.92 Å². The molecule has 0 aliphatic carbocycles. The molecule has 2 heterocycles. The molecule has 18 heavy (non-hydrogen) atoms. The summed E-state index contributed by atoms with van der Waals surface area (Å²) < 4.78 is 5.19. The summed E-state index contributed by atoms with van der Waals surface area (Å²) in [6.45, 7) is 3.29. The van der Waals surface area contributed by atoms with Crippen molar-refractivity contribution in [3.63, 3.8) is 0 Å². The van der Waals surface area contributed by atoms with E-state index in [2.05, 4.69) is 15.2 Å². The molecule has 0 radical (unpaired) electrons. The van der Waals surface area contributed by atoms with Crippen molar-refractivity contribution in [2.24, 2.45) is 0 Å². The van der Waals surface area contributed by atoms with Crippen LogP contribution in [0.3, 0.4) is 0 Å². The van der Waals surface area contributed by atoms with Crippen molar-refractivity contribution in [2.75, 3.05) is 4.90 Å². The average Bonchev–Trinajstić information content (AvgIpc) is 2.94. The maximum Gasteiger partial charge on any atom is 0.307 e. The number of H-pyrrole nitrogens is 1. The zero-order valence-electron chi connectivity index (χ0n) is 9.81. The van der Waals surface area contributed by atoms with E-state index >= 15 is 0 Å². The number of rotatable bonds is 3. The van der Waals surface area contributed by atoms with Crippen molar-refractivity contribution in [3.8, 4) is 0 Å². The van der Waals surface area contributed by atoms with Gasteiger partial charge in [-0.1, -0.05) is 18.5 Å². The molecule has 0 bridgehead atoms. The van der Waals surface area contributed by atoms with Gasteiger partial charge in [-0.15, -0.1) is 0 Å². The van der Waals surface area contributed by atoms with Crippen LogP contribution in [0.5, 0.6) is 0 Å². The molecule has 1 aromatic rings. The van der Waals surface area contributed by atoms with Crippen molar-refractivity contribution in [2.45, 2.75) is 26.5 Å². The van der Waals surface area contributed by atoms with Crippen LogP contribution >= 0.6 is 11.6 Å². The first-order chi connectivity index (χ1) is 8.56. The number of nitrogens with one attached hydrogen (secondary N) is 1. The fraction of sp³-hybridized carbons (Fsp3) is 0.400. The second kappa shape index (κ2) is 4.77. The molecule has 1 aliphatic heterocycles. The summed E-state index contributed by atoms with van der Waals surface area (Å²) in [5, 5.41) is 6.22. The van der Waals surface area contributed by atoms with Gasteiger partial charge in [-0.3, -0.25) is 9.59 Å². The molecule has 1 atom stereocenters. The number of nitrogens with zero attached hydrogens (tertiary/aromatic N) is 3. The summed E-state index contributed by atoms with van der Waals surface area (Å²) in [7, 11) is 0. The minimum absolute atomic E-state index is 0.0281. The second-order valence-corrected chi connectivity index (χ2v) is 4.05. The van der Waals surface area contributed by atoms with E-state index in [0.29, 0.717) is 5.57 Å². The highest BCUT2D eigenvalue weighted by Gasteiger charge is 2.41. The highest BCUT2D eigenvalue weighted by Crippen LogP contribution is 2.31. The van der Waals surface area contributed by atoms with E-state index < -0.39 is 18.1 Å². The van der Waals surface area contributed by atoms with Gasteiger partial charge in [0.1, 0.15) is 11.4 Å². The molecule has 1 unspecified atom stereocenters. The van der Waals surface area contributed by atoms with Gasteiger partial charge in [-0.25, -0.2) is 10.00 Å². The summed E-state index contributed by atoms with van der Waals surface area (Å²) in [5.74, 6) is -0.716. The fourth-order valence-corrected chi connectivity index (χ4v) is 1.74. The van der Waals surface area contributed by atoms with E-state index in [1.165, 1.54) is 6.33 Å². The molecule has 0 spiro atoms. The first-order valence-electron chi connectivity index (χ1n) is 5.31. The van der Waals surface area contributed by atoms with Crippen LogP contribution in [-0.2, 0) is 14.3 Å². The van der Waals surface area contributed by atoms with Gasteiger partial charge < -0.3 is 4.74 Å². The Hall–Kier alpha value is -1.89. The highest BCUT2D eigenvalue weighted by atomic mass is 35.5. The predicted octanol–water partition coefficient (Wildman–Crippen LogP) is 0.943. The summed E-state index contributed by atoms with van der Waals surface area (Å²) in [4.78, 5) is 28.3. The minimum atomic E-state index is -0.870. The summed E-state index contributed by atoms with van der Waals surface area (Å²) in [6.07, 6.45) is 0.591. The number of esters is 1. The lowest BCUT2D eigenvalue weighted by Crippen LogP contribution is -2.39. The normalized spacial score (nSPS) is 19.6. The fourth-order valence-electron chi connectivity index (χ4n) is 1.55. The number of amides is 1. The lowest BCUT2D eigenvalue weighted by Gasteiger charge is -2.22. The number of aromatic amines is 1. The number of carbonyl (C=O) groups excluding carboxylic acids is 2. The lowest BCUT2D eigenvalue weighted by atomic mass is 10.3. The number of aromatic nitrogens is 3. The van der Waals surface area contributed by atoms with E-state index in [1.54, 1.807) is 13.8 Å². The molecule has 96 valence electrons. The van der Waals surface area contributed by atoms with Crippen molar-refractivity contribution in [1.82, 2.24) is 15.2 Å². The van der Waals surface area contributed by atoms with E-state index in [-0.39, 0.29) is 17.4 Å². The topological polar surface area (TPSA) is 88.2 Å². The van der Waals surface area contributed by atoms with Crippen LogP contribution in [0.15, 0.2) is 16.9 Å². The Morgan fingerprint density at radius 2 is 2.39 bits per heavy atom. The Balaban J connectivity index is 2.33. The number of halogens is 1. The smallest absolute Gasteiger partial charge is 0.307 e. The molecule has 8 heteroatoms. The molecule has 0 saturated heterocycles. The zero-order valence-corrected chi connectivity index (χ0v) is 10.6. The van der Waals surface area contributed by atoms with Crippen LogP contribution in [0.1, 0.15) is 20.3 Å². The quantitative estimate of drug-likeness (QED) is 0.826. The van der Waals surface area contributed by atoms with Gasteiger partial charge in [0, 0.05) is 12.0 Å². The molecule has 0 saturated carbocycles. The van der Waals surface area contributed by atoms with Gasteiger partial charge in [0.15, 0.2) is 0 Å². The Morgan fingerprint density at radius 1 is 1.67 bits per heavy atom. The third-order valence-corrected chi connectivity index (χ3v) is 2.98. The van der Waals surface area contributed by atoms with Gasteiger partial charge in [0.25, 0.3) is 5.91 Å². The average molecular weight is 271 g/mol. The van der Waals surface area contributed by atoms with Crippen molar-refractivity contribution >= 4 is 29.4 Å². The van der Waals surface area contributed by atoms with E-state index in [0.717, 1.165) is 4.90 Å². The molecule has 1 amide bonds. The molecule has 1 aliphatic rings. The molecule has 0 aromatic carbocycles. The molecule has 1 N–H and O–H groups in total. The van der Waals surface area contributed by atoms with Crippen LogP contribution in [-0.4, -0.2) is 33.3 Å². The van der Waals surface area contributed by atoms with E-state index in [9.17, 15) is 9.59 Å². The first kappa shape index (κ1) is 12.6.